The van der Waals surface area contributed by atoms with Crippen molar-refractivity contribution >= 4 is 46.2 Å². The molecule has 0 aliphatic heterocycles. The average Bonchev–Trinajstić information content (AvgIpc) is 2.92. The van der Waals surface area contributed by atoms with E-state index in [1.54, 1.807) is 24.5 Å². The molecule has 9 heteroatoms. The minimum atomic E-state index is -0.0438. The number of aryl methyl sites for hydroxylation is 1. The number of anilines is 4. The predicted molar refractivity (Wildman–Crippen MR) is 179 cm³/mol. The van der Waals surface area contributed by atoms with Gasteiger partial charge in [-0.3, -0.25) is 5.01 Å². The number of hydrogen-bond donors (Lipinski definition) is 4. The standard InChI is InChI=1S/C32H45N7OS/c1-10-11-26(36-27-17-24(32(3,4)5)18-28(37-41-9)31(27)40-8)22-13-12-21(2)29(16-22)39(34)20-25(33)23-14-15-30(35-19-23)38(6)7/h11-20,36-37H,10,33-34H2,1-9H3/b25-20-,26-11-. The molecule has 0 radical (unpaired) electrons. The van der Waals surface area contributed by atoms with Crippen LogP contribution in [-0.2, 0) is 5.41 Å². The van der Waals surface area contributed by atoms with Crippen LogP contribution in [0, 0.1) is 6.92 Å². The second-order valence-electron chi connectivity index (χ2n) is 11.1. The second kappa shape index (κ2) is 13.7. The van der Waals surface area contributed by atoms with E-state index in [0.29, 0.717) is 5.70 Å². The van der Waals surface area contributed by atoms with E-state index in [4.69, 9.17) is 16.3 Å². The number of hydrogen-bond acceptors (Lipinski definition) is 9. The Morgan fingerprint density at radius 2 is 1.76 bits per heavy atom. The lowest BCUT2D eigenvalue weighted by atomic mass is 9.86. The van der Waals surface area contributed by atoms with Gasteiger partial charge in [-0.1, -0.05) is 57.9 Å². The lowest BCUT2D eigenvalue weighted by molar-refractivity contribution is 0.418. The fraction of sp³-hybridized carbons (Fsp3) is 0.344. The Morgan fingerprint density at radius 1 is 1.07 bits per heavy atom. The smallest absolute Gasteiger partial charge is 0.166 e. The lowest BCUT2D eigenvalue weighted by Crippen LogP contribution is -2.26. The third-order valence-electron chi connectivity index (χ3n) is 6.66. The number of benzene rings is 2. The molecule has 3 aromatic rings. The summed E-state index contributed by atoms with van der Waals surface area (Å²) in [5.41, 5.74) is 14.5. The Balaban J connectivity index is 2.01. The van der Waals surface area contributed by atoms with Gasteiger partial charge >= 0.3 is 0 Å². The van der Waals surface area contributed by atoms with Gasteiger partial charge in [0.25, 0.3) is 0 Å². The Hall–Kier alpha value is -3.82. The molecule has 1 aromatic heterocycles. The van der Waals surface area contributed by atoms with E-state index in [2.05, 4.69) is 79.1 Å². The van der Waals surface area contributed by atoms with Crippen LogP contribution in [-0.4, -0.2) is 32.4 Å². The molecule has 0 bridgehead atoms. The summed E-state index contributed by atoms with van der Waals surface area (Å²) < 4.78 is 9.26. The third kappa shape index (κ3) is 7.89. The van der Waals surface area contributed by atoms with E-state index >= 15 is 0 Å². The molecule has 0 atom stereocenters. The van der Waals surface area contributed by atoms with Crippen molar-refractivity contribution in [3.63, 3.8) is 0 Å². The molecule has 0 saturated carbocycles. The molecule has 2 aromatic carbocycles. The second-order valence-corrected chi connectivity index (χ2v) is 11.7. The van der Waals surface area contributed by atoms with Gasteiger partial charge in [0.1, 0.15) is 5.82 Å². The first-order valence-electron chi connectivity index (χ1n) is 13.6. The van der Waals surface area contributed by atoms with Gasteiger partial charge < -0.3 is 25.4 Å². The summed E-state index contributed by atoms with van der Waals surface area (Å²) in [4.78, 5) is 6.40. The van der Waals surface area contributed by atoms with E-state index in [9.17, 15) is 0 Å². The largest absolute Gasteiger partial charge is 0.492 e. The number of rotatable bonds is 11. The van der Waals surface area contributed by atoms with Crippen LogP contribution in [0.3, 0.4) is 0 Å². The maximum absolute atomic E-state index is 6.55. The van der Waals surface area contributed by atoms with Gasteiger partial charge in [0.2, 0.25) is 0 Å². The molecule has 0 saturated heterocycles. The molecule has 3 rings (SSSR count). The topological polar surface area (TPSA) is 105 Å². The highest BCUT2D eigenvalue weighted by atomic mass is 32.2. The molecule has 0 aliphatic carbocycles. The van der Waals surface area contributed by atoms with Gasteiger partial charge in [0.05, 0.1) is 29.9 Å². The Labute approximate surface area is 250 Å². The number of hydrazine groups is 1. The fourth-order valence-corrected chi connectivity index (χ4v) is 4.69. The SMILES string of the molecule is CC/C=C(\Nc1cc(C(C)(C)C)cc(NSC)c1OC)c1ccc(C)c(N(N)/C=C(\N)c2ccc(N(C)C)nc2)c1. The molecule has 0 spiro atoms. The summed E-state index contributed by atoms with van der Waals surface area (Å²) in [5, 5.41) is 5.24. The normalized spacial score (nSPS) is 12.2. The molecule has 0 fully saturated rings. The molecule has 0 unspecified atom stereocenters. The Kier molecular flexibility index (Phi) is 10.6. The molecular weight excluding hydrogens is 530 g/mol. The van der Waals surface area contributed by atoms with E-state index in [1.165, 1.54) is 17.5 Å². The first-order chi connectivity index (χ1) is 19.4. The van der Waals surface area contributed by atoms with Crippen LogP contribution >= 0.6 is 11.9 Å². The maximum atomic E-state index is 6.55. The molecule has 8 nitrogen and oxygen atoms in total. The summed E-state index contributed by atoms with van der Waals surface area (Å²) in [6.07, 6.45) is 8.50. The van der Waals surface area contributed by atoms with Crippen molar-refractivity contribution in [2.45, 2.75) is 46.5 Å². The van der Waals surface area contributed by atoms with Crippen molar-refractivity contribution in [1.82, 2.24) is 4.98 Å². The summed E-state index contributed by atoms with van der Waals surface area (Å²) in [5.74, 6) is 8.17. The number of nitrogens with one attached hydrogen (secondary N) is 2. The van der Waals surface area contributed by atoms with Crippen molar-refractivity contribution in [3.8, 4) is 5.75 Å². The zero-order valence-corrected chi connectivity index (χ0v) is 26.6. The first-order valence-corrected chi connectivity index (χ1v) is 14.9. The highest BCUT2D eigenvalue weighted by Gasteiger charge is 2.21. The fourth-order valence-electron chi connectivity index (χ4n) is 4.32. The van der Waals surface area contributed by atoms with Gasteiger partial charge in [-0.2, -0.15) is 0 Å². The highest BCUT2D eigenvalue weighted by Crippen LogP contribution is 2.41. The number of pyridine rings is 1. The van der Waals surface area contributed by atoms with Crippen LogP contribution in [0.1, 0.15) is 56.4 Å². The van der Waals surface area contributed by atoms with Gasteiger partial charge in [0, 0.05) is 44.0 Å². The zero-order valence-electron chi connectivity index (χ0n) is 25.8. The summed E-state index contributed by atoms with van der Waals surface area (Å²) in [7, 11) is 5.60. The van der Waals surface area contributed by atoms with Crippen LogP contribution in [0.5, 0.6) is 5.75 Å². The number of methoxy groups -OCH3 is 1. The van der Waals surface area contributed by atoms with E-state index < -0.39 is 0 Å². The monoisotopic (exact) mass is 575 g/mol. The third-order valence-corrected chi connectivity index (χ3v) is 7.09. The van der Waals surface area contributed by atoms with E-state index in [-0.39, 0.29) is 5.41 Å². The van der Waals surface area contributed by atoms with Crippen molar-refractivity contribution < 1.29 is 4.74 Å². The highest BCUT2D eigenvalue weighted by molar-refractivity contribution is 7.99. The number of allylic oxidation sites excluding steroid dienone is 1. The molecule has 0 aliphatic rings. The van der Waals surface area contributed by atoms with Crippen LogP contribution in [0.25, 0.3) is 11.4 Å². The molecule has 6 N–H and O–H groups in total. The van der Waals surface area contributed by atoms with Gasteiger partial charge in [-0.15, -0.1) is 0 Å². The molecule has 1 heterocycles. The molecule has 0 amide bonds. The van der Waals surface area contributed by atoms with Crippen molar-refractivity contribution in [3.05, 3.63) is 83.2 Å². The predicted octanol–water partition coefficient (Wildman–Crippen LogP) is 6.95. The molecular formula is C32H45N7OS. The lowest BCUT2D eigenvalue weighted by Gasteiger charge is -2.25. The summed E-state index contributed by atoms with van der Waals surface area (Å²) in [6.45, 7) is 10.8. The number of nitrogens with two attached hydrogens (primary N) is 2. The Morgan fingerprint density at radius 3 is 2.32 bits per heavy atom. The summed E-state index contributed by atoms with van der Waals surface area (Å²) in [6, 6.07) is 14.4. The van der Waals surface area contributed by atoms with Gasteiger partial charge in [-0.25, -0.2) is 10.8 Å². The van der Waals surface area contributed by atoms with Gasteiger partial charge in [-0.05, 0) is 65.8 Å². The Bertz CT molecular complexity index is 1390. The number of aromatic nitrogens is 1. The van der Waals surface area contributed by atoms with Gasteiger partial charge in [0.15, 0.2) is 5.75 Å². The quantitative estimate of drug-likeness (QED) is 0.110. The van der Waals surface area contributed by atoms with Crippen molar-refractivity contribution in [2.24, 2.45) is 11.6 Å². The van der Waals surface area contributed by atoms with Crippen molar-refractivity contribution in [1.29, 1.82) is 0 Å². The number of nitrogens with zero attached hydrogens (tertiary/aromatic N) is 3. The van der Waals surface area contributed by atoms with Crippen LogP contribution in [0.4, 0.5) is 22.9 Å². The van der Waals surface area contributed by atoms with Crippen LogP contribution in [0.2, 0.25) is 0 Å². The average molecular weight is 576 g/mol. The minimum absolute atomic E-state index is 0.0438. The molecule has 41 heavy (non-hydrogen) atoms. The maximum Gasteiger partial charge on any atom is 0.166 e. The van der Waals surface area contributed by atoms with Crippen LogP contribution in [0.15, 0.2) is 60.9 Å². The van der Waals surface area contributed by atoms with E-state index in [1.807, 2.05) is 44.3 Å². The van der Waals surface area contributed by atoms with E-state index in [0.717, 1.165) is 57.4 Å². The van der Waals surface area contributed by atoms with Crippen LogP contribution < -0.4 is 36.3 Å². The summed E-state index contributed by atoms with van der Waals surface area (Å²) >= 11 is 1.54. The van der Waals surface area contributed by atoms with Crippen molar-refractivity contribution in [2.75, 3.05) is 47.4 Å². The number of ether oxygens (including phenoxy) is 1. The first kappa shape index (κ1) is 31.7. The minimum Gasteiger partial charge on any atom is -0.492 e. The molecule has 220 valence electrons. The zero-order chi connectivity index (χ0) is 30.3.